The minimum Gasteiger partial charge on any atom is -0.360 e. The zero-order valence-corrected chi connectivity index (χ0v) is 17.8. The van der Waals surface area contributed by atoms with Gasteiger partial charge in [-0.2, -0.15) is 5.26 Å². The van der Waals surface area contributed by atoms with Gasteiger partial charge in [0.1, 0.15) is 11.6 Å². The lowest BCUT2D eigenvalue weighted by molar-refractivity contribution is -0.117. The van der Waals surface area contributed by atoms with Crippen molar-refractivity contribution in [3.63, 3.8) is 0 Å². The average Bonchev–Trinajstić information content (AvgIpc) is 2.69. The van der Waals surface area contributed by atoms with E-state index in [2.05, 4.69) is 44.8 Å². The Morgan fingerprint density at radius 1 is 1.18 bits per heavy atom. The van der Waals surface area contributed by atoms with E-state index in [0.29, 0.717) is 0 Å². The molecule has 1 aliphatic carbocycles. The summed E-state index contributed by atoms with van der Waals surface area (Å²) in [6.45, 7) is 3.91. The molecule has 0 saturated heterocycles. The number of amides is 1. The van der Waals surface area contributed by atoms with Crippen molar-refractivity contribution in [1.29, 1.82) is 5.26 Å². The summed E-state index contributed by atoms with van der Waals surface area (Å²) in [4.78, 5) is 12.6. The van der Waals surface area contributed by atoms with Gasteiger partial charge in [-0.05, 0) is 80.0 Å². The summed E-state index contributed by atoms with van der Waals surface area (Å²) in [5, 5.41) is 15.4. The lowest BCUT2D eigenvalue weighted by Crippen LogP contribution is -2.28. The molecule has 1 amide bonds. The molecule has 144 valence electrons. The summed E-state index contributed by atoms with van der Waals surface area (Å²) in [6.07, 6.45) is 6.17. The number of nitrogens with zero attached hydrogens (tertiary/aromatic N) is 1. The van der Waals surface area contributed by atoms with Crippen LogP contribution < -0.4 is 10.6 Å². The Hall–Kier alpha value is -2.58. The summed E-state index contributed by atoms with van der Waals surface area (Å²) in [7, 11) is 0. The van der Waals surface area contributed by atoms with Crippen LogP contribution in [0.3, 0.4) is 0 Å². The number of hydrogen-bond donors (Lipinski definition) is 2. The number of nitrogens with one attached hydrogen (secondary N) is 2. The third-order valence-electron chi connectivity index (χ3n) is 5.15. The number of aryl methyl sites for hydroxylation is 3. The first-order valence-electron chi connectivity index (χ1n) is 9.53. The summed E-state index contributed by atoms with van der Waals surface area (Å²) in [6, 6.07) is 14.1. The molecule has 2 aromatic carbocycles. The molecule has 0 spiro atoms. The van der Waals surface area contributed by atoms with Crippen LogP contribution >= 0.6 is 15.9 Å². The number of halogens is 1. The SMILES string of the molecule is Cc1cc(Br)ccc1N/C=C(/C#N)C(=O)NC(C)c1ccc2c(c1)CCCC2. The number of rotatable bonds is 5. The largest absolute Gasteiger partial charge is 0.360 e. The number of hydrogen-bond acceptors (Lipinski definition) is 3. The van der Waals surface area contributed by atoms with Crippen LogP contribution in [0.15, 0.2) is 52.6 Å². The molecule has 3 rings (SSSR count). The van der Waals surface area contributed by atoms with Gasteiger partial charge in [0.25, 0.3) is 5.91 Å². The van der Waals surface area contributed by atoms with Crippen LogP contribution in [0.5, 0.6) is 0 Å². The van der Waals surface area contributed by atoms with Crippen molar-refractivity contribution in [2.24, 2.45) is 0 Å². The van der Waals surface area contributed by atoms with Crippen LogP contribution in [0.1, 0.15) is 48.1 Å². The molecular formula is C23H24BrN3O. The van der Waals surface area contributed by atoms with Crippen molar-refractivity contribution in [3.8, 4) is 6.07 Å². The Balaban J connectivity index is 1.68. The summed E-state index contributed by atoms with van der Waals surface area (Å²) >= 11 is 3.43. The molecule has 2 aromatic rings. The van der Waals surface area contributed by atoms with E-state index in [1.165, 1.54) is 30.2 Å². The minimum atomic E-state index is -0.380. The van der Waals surface area contributed by atoms with E-state index in [9.17, 15) is 10.1 Å². The molecular weight excluding hydrogens is 414 g/mol. The molecule has 4 nitrogen and oxygen atoms in total. The van der Waals surface area contributed by atoms with Crippen molar-refractivity contribution in [1.82, 2.24) is 5.32 Å². The van der Waals surface area contributed by atoms with Gasteiger partial charge in [-0.1, -0.05) is 34.1 Å². The predicted molar refractivity (Wildman–Crippen MR) is 116 cm³/mol. The van der Waals surface area contributed by atoms with E-state index >= 15 is 0 Å². The highest BCUT2D eigenvalue weighted by molar-refractivity contribution is 9.10. The third-order valence-corrected chi connectivity index (χ3v) is 5.64. The van der Waals surface area contributed by atoms with Gasteiger partial charge in [-0.25, -0.2) is 0 Å². The van der Waals surface area contributed by atoms with Crippen molar-refractivity contribution >= 4 is 27.5 Å². The Bertz CT molecular complexity index is 959. The molecule has 0 aliphatic heterocycles. The summed E-state index contributed by atoms with van der Waals surface area (Å²) in [5.41, 5.74) is 5.79. The molecule has 1 atom stereocenters. The van der Waals surface area contributed by atoms with Gasteiger partial charge in [0.15, 0.2) is 0 Å². The van der Waals surface area contributed by atoms with Crippen LogP contribution in [0.2, 0.25) is 0 Å². The second-order valence-electron chi connectivity index (χ2n) is 7.20. The maximum Gasteiger partial charge on any atom is 0.263 e. The van der Waals surface area contributed by atoms with Crippen molar-refractivity contribution < 1.29 is 4.79 Å². The maximum absolute atomic E-state index is 12.6. The van der Waals surface area contributed by atoms with Gasteiger partial charge < -0.3 is 10.6 Å². The topological polar surface area (TPSA) is 64.9 Å². The standard InChI is InChI=1S/C23H24BrN3O/c1-15-11-21(24)9-10-22(15)26-14-20(13-25)23(28)27-16(2)18-8-7-17-5-3-4-6-19(17)12-18/h7-12,14,16,26H,3-6H2,1-2H3,(H,27,28)/b20-14-. The Morgan fingerprint density at radius 3 is 2.64 bits per heavy atom. The fraction of sp³-hybridized carbons (Fsp3) is 0.304. The first kappa shape index (κ1) is 20.2. The molecule has 0 aromatic heterocycles. The normalized spacial score (nSPS) is 14.6. The van der Waals surface area contributed by atoms with Gasteiger partial charge in [-0.15, -0.1) is 0 Å². The zero-order valence-electron chi connectivity index (χ0n) is 16.2. The second-order valence-corrected chi connectivity index (χ2v) is 8.12. The van der Waals surface area contributed by atoms with E-state index in [0.717, 1.165) is 34.1 Å². The molecule has 0 bridgehead atoms. The van der Waals surface area contributed by atoms with Gasteiger partial charge in [-0.3, -0.25) is 4.79 Å². The van der Waals surface area contributed by atoms with Crippen LogP contribution in [0.4, 0.5) is 5.69 Å². The second kappa shape index (κ2) is 9.07. The van der Waals surface area contributed by atoms with E-state index < -0.39 is 0 Å². The van der Waals surface area contributed by atoms with E-state index in [1.54, 1.807) is 0 Å². The van der Waals surface area contributed by atoms with E-state index in [-0.39, 0.29) is 17.5 Å². The average molecular weight is 438 g/mol. The van der Waals surface area contributed by atoms with Crippen molar-refractivity contribution in [2.45, 2.75) is 45.6 Å². The van der Waals surface area contributed by atoms with E-state index in [1.807, 2.05) is 38.1 Å². The minimum absolute atomic E-state index is 0.0483. The lowest BCUT2D eigenvalue weighted by Gasteiger charge is -2.20. The molecule has 0 radical (unpaired) electrons. The number of benzene rings is 2. The highest BCUT2D eigenvalue weighted by Gasteiger charge is 2.16. The van der Waals surface area contributed by atoms with Crippen molar-refractivity contribution in [3.05, 3.63) is 74.9 Å². The Morgan fingerprint density at radius 2 is 1.93 bits per heavy atom. The number of carbonyl (C=O) groups excluding carboxylic acids is 1. The highest BCUT2D eigenvalue weighted by atomic mass is 79.9. The first-order valence-corrected chi connectivity index (χ1v) is 10.3. The van der Waals surface area contributed by atoms with Gasteiger partial charge >= 0.3 is 0 Å². The molecule has 0 heterocycles. The molecule has 1 aliphatic rings. The Labute approximate surface area is 174 Å². The lowest BCUT2D eigenvalue weighted by atomic mass is 9.89. The zero-order chi connectivity index (χ0) is 20.1. The van der Waals surface area contributed by atoms with Crippen LogP contribution in [0, 0.1) is 18.3 Å². The first-order chi connectivity index (χ1) is 13.5. The number of anilines is 1. The van der Waals surface area contributed by atoms with Gasteiger partial charge in [0.2, 0.25) is 0 Å². The molecule has 1 unspecified atom stereocenters. The third kappa shape index (κ3) is 4.82. The quantitative estimate of drug-likeness (QED) is 0.490. The number of carbonyl (C=O) groups is 1. The summed E-state index contributed by atoms with van der Waals surface area (Å²) < 4.78 is 0.983. The molecule has 2 N–H and O–H groups in total. The van der Waals surface area contributed by atoms with Crippen LogP contribution in [-0.2, 0) is 17.6 Å². The van der Waals surface area contributed by atoms with Crippen LogP contribution in [-0.4, -0.2) is 5.91 Å². The molecule has 28 heavy (non-hydrogen) atoms. The number of fused-ring (bicyclic) bond motifs is 1. The Kier molecular flexibility index (Phi) is 6.53. The predicted octanol–water partition coefficient (Wildman–Crippen LogP) is 5.33. The monoisotopic (exact) mass is 437 g/mol. The fourth-order valence-electron chi connectivity index (χ4n) is 3.47. The molecule has 5 heteroatoms. The summed E-state index contributed by atoms with van der Waals surface area (Å²) in [5.74, 6) is -0.380. The molecule has 0 fully saturated rings. The number of nitriles is 1. The van der Waals surface area contributed by atoms with Gasteiger partial charge in [0.05, 0.1) is 6.04 Å². The van der Waals surface area contributed by atoms with Crippen LogP contribution in [0.25, 0.3) is 0 Å². The molecule has 0 saturated carbocycles. The highest BCUT2D eigenvalue weighted by Crippen LogP contribution is 2.25. The van der Waals surface area contributed by atoms with E-state index in [4.69, 9.17) is 0 Å². The smallest absolute Gasteiger partial charge is 0.263 e. The van der Waals surface area contributed by atoms with Gasteiger partial charge in [0, 0.05) is 16.4 Å². The van der Waals surface area contributed by atoms with Crippen molar-refractivity contribution in [2.75, 3.05) is 5.32 Å². The maximum atomic E-state index is 12.6. The fourth-order valence-corrected chi connectivity index (χ4v) is 3.94.